The smallest absolute Gasteiger partial charge is 0.191 e. The van der Waals surface area contributed by atoms with Crippen molar-refractivity contribution in [3.8, 4) is 0 Å². The molecule has 0 spiro atoms. The summed E-state index contributed by atoms with van der Waals surface area (Å²) in [6.07, 6.45) is 1.80. The zero-order chi connectivity index (χ0) is 15.0. The minimum absolute atomic E-state index is 0.141. The van der Waals surface area contributed by atoms with Gasteiger partial charge in [0.15, 0.2) is 5.96 Å². The van der Waals surface area contributed by atoms with Crippen molar-refractivity contribution >= 4 is 28.5 Å². The molecule has 1 aromatic heterocycles. The van der Waals surface area contributed by atoms with Crippen LogP contribution in [0.4, 0.5) is 0 Å². The van der Waals surface area contributed by atoms with E-state index in [4.69, 9.17) is 17.3 Å². The Hall–Kier alpha value is -1.81. The first-order valence-electron chi connectivity index (χ1n) is 7.17. The summed E-state index contributed by atoms with van der Waals surface area (Å²) in [5.41, 5.74) is 8.14. The van der Waals surface area contributed by atoms with Crippen LogP contribution in [0.2, 0.25) is 5.02 Å². The highest BCUT2D eigenvalue weighted by Crippen LogP contribution is 2.33. The van der Waals surface area contributed by atoms with E-state index in [1.807, 2.05) is 24.3 Å². The zero-order valence-electron chi connectivity index (χ0n) is 12.3. The summed E-state index contributed by atoms with van der Waals surface area (Å²) < 4.78 is 0. The molecule has 2 aromatic rings. The highest BCUT2D eigenvalue weighted by atomic mass is 35.5. The van der Waals surface area contributed by atoms with Crippen LogP contribution in [0.15, 0.2) is 35.5 Å². The molecule has 4 nitrogen and oxygen atoms in total. The van der Waals surface area contributed by atoms with Crippen LogP contribution in [0.3, 0.4) is 0 Å². The molecule has 110 valence electrons. The van der Waals surface area contributed by atoms with Crippen LogP contribution in [0.1, 0.15) is 25.5 Å². The molecule has 1 aromatic carbocycles. The second kappa shape index (κ2) is 5.53. The Labute approximate surface area is 129 Å². The summed E-state index contributed by atoms with van der Waals surface area (Å²) in [4.78, 5) is 11.1. The number of rotatable bonds is 3. The van der Waals surface area contributed by atoms with Crippen LogP contribution in [0.25, 0.3) is 10.9 Å². The Morgan fingerprint density at radius 1 is 1.38 bits per heavy atom. The van der Waals surface area contributed by atoms with E-state index in [1.54, 1.807) is 6.20 Å². The molecule has 1 atom stereocenters. The van der Waals surface area contributed by atoms with Crippen molar-refractivity contribution in [2.24, 2.45) is 16.6 Å². The van der Waals surface area contributed by atoms with Gasteiger partial charge in [0.25, 0.3) is 0 Å². The molecular formula is C16H19ClN4. The number of fused-ring (bicyclic) bond motifs is 1. The molecular weight excluding hydrogens is 284 g/mol. The third-order valence-electron chi connectivity index (χ3n) is 3.77. The van der Waals surface area contributed by atoms with Gasteiger partial charge >= 0.3 is 0 Å². The topological polar surface area (TPSA) is 54.5 Å². The number of aliphatic imine (C=N–C) groups is 1. The number of aromatic nitrogens is 1. The summed E-state index contributed by atoms with van der Waals surface area (Å²) in [6.45, 7) is 5.92. The zero-order valence-corrected chi connectivity index (χ0v) is 13.0. The van der Waals surface area contributed by atoms with Crippen LogP contribution >= 0.6 is 11.6 Å². The van der Waals surface area contributed by atoms with Crippen molar-refractivity contribution in [1.82, 2.24) is 9.88 Å². The average Bonchev–Trinajstić information content (AvgIpc) is 2.81. The molecule has 0 bridgehead atoms. The van der Waals surface area contributed by atoms with Gasteiger partial charge in [-0.1, -0.05) is 31.5 Å². The number of hydrogen-bond acceptors (Lipinski definition) is 4. The Bertz CT molecular complexity index is 696. The predicted molar refractivity (Wildman–Crippen MR) is 87.5 cm³/mol. The largest absolute Gasteiger partial charge is 0.370 e. The second-order valence-corrected chi connectivity index (χ2v) is 6.20. The molecule has 3 rings (SSSR count). The summed E-state index contributed by atoms with van der Waals surface area (Å²) in [6, 6.07) is 8.03. The van der Waals surface area contributed by atoms with Gasteiger partial charge in [0.05, 0.1) is 18.1 Å². The first-order valence-corrected chi connectivity index (χ1v) is 7.55. The number of benzene rings is 1. The maximum atomic E-state index is 6.28. The van der Waals surface area contributed by atoms with Crippen molar-refractivity contribution < 1.29 is 0 Å². The van der Waals surface area contributed by atoms with Crippen LogP contribution < -0.4 is 5.73 Å². The van der Waals surface area contributed by atoms with E-state index < -0.39 is 0 Å². The summed E-state index contributed by atoms with van der Waals surface area (Å²) >= 11 is 6.28. The minimum atomic E-state index is 0.141. The third-order valence-corrected chi connectivity index (χ3v) is 4.09. The van der Waals surface area contributed by atoms with Crippen LogP contribution in [0, 0.1) is 5.92 Å². The molecule has 1 aliphatic heterocycles. The SMILES string of the molecule is CC(C)CN1C(N)=NCC1c1ccc(Cl)c2cccnc12. The van der Waals surface area contributed by atoms with E-state index in [9.17, 15) is 0 Å². The molecule has 1 unspecified atom stereocenters. The lowest BCUT2D eigenvalue weighted by molar-refractivity contribution is 0.310. The van der Waals surface area contributed by atoms with Crippen LogP contribution in [-0.4, -0.2) is 28.9 Å². The van der Waals surface area contributed by atoms with Gasteiger partial charge in [0, 0.05) is 28.7 Å². The lowest BCUT2D eigenvalue weighted by Gasteiger charge is -2.28. The lowest BCUT2D eigenvalue weighted by atomic mass is 10.0. The Morgan fingerprint density at radius 2 is 2.19 bits per heavy atom. The van der Waals surface area contributed by atoms with Gasteiger partial charge in [-0.15, -0.1) is 0 Å². The highest BCUT2D eigenvalue weighted by Gasteiger charge is 2.29. The van der Waals surface area contributed by atoms with E-state index in [0.717, 1.165) is 28.0 Å². The van der Waals surface area contributed by atoms with Crippen molar-refractivity contribution in [2.75, 3.05) is 13.1 Å². The van der Waals surface area contributed by atoms with Gasteiger partial charge in [0.2, 0.25) is 0 Å². The number of nitrogens with two attached hydrogens (primary N) is 1. The van der Waals surface area contributed by atoms with Gasteiger partial charge in [-0.3, -0.25) is 9.98 Å². The average molecular weight is 303 g/mol. The molecule has 0 saturated heterocycles. The maximum Gasteiger partial charge on any atom is 0.191 e. The Kier molecular flexibility index (Phi) is 3.72. The van der Waals surface area contributed by atoms with E-state index in [-0.39, 0.29) is 6.04 Å². The fourth-order valence-electron chi connectivity index (χ4n) is 2.84. The van der Waals surface area contributed by atoms with Gasteiger partial charge in [0.1, 0.15) is 0 Å². The summed E-state index contributed by atoms with van der Waals surface area (Å²) in [5.74, 6) is 1.14. The van der Waals surface area contributed by atoms with E-state index >= 15 is 0 Å². The number of nitrogens with zero attached hydrogens (tertiary/aromatic N) is 3. The quantitative estimate of drug-likeness (QED) is 0.947. The lowest BCUT2D eigenvalue weighted by Crippen LogP contribution is -2.38. The van der Waals surface area contributed by atoms with E-state index in [2.05, 4.69) is 28.7 Å². The van der Waals surface area contributed by atoms with Crippen molar-refractivity contribution in [3.05, 3.63) is 41.0 Å². The second-order valence-electron chi connectivity index (χ2n) is 5.80. The molecule has 2 N–H and O–H groups in total. The Morgan fingerprint density at radius 3 is 2.95 bits per heavy atom. The van der Waals surface area contributed by atoms with Crippen LogP contribution in [-0.2, 0) is 0 Å². The number of guanidine groups is 1. The molecule has 5 heteroatoms. The van der Waals surface area contributed by atoms with Gasteiger partial charge in [-0.25, -0.2) is 0 Å². The molecule has 2 heterocycles. The number of pyridine rings is 1. The summed E-state index contributed by atoms with van der Waals surface area (Å²) in [5, 5.41) is 1.70. The molecule has 21 heavy (non-hydrogen) atoms. The van der Waals surface area contributed by atoms with Crippen LogP contribution in [0.5, 0.6) is 0 Å². The van der Waals surface area contributed by atoms with Crippen molar-refractivity contribution in [1.29, 1.82) is 0 Å². The fourth-order valence-corrected chi connectivity index (χ4v) is 3.05. The van der Waals surface area contributed by atoms with Gasteiger partial charge in [-0.2, -0.15) is 0 Å². The molecule has 0 radical (unpaired) electrons. The molecule has 1 aliphatic rings. The van der Waals surface area contributed by atoms with E-state index in [0.29, 0.717) is 18.4 Å². The molecule has 0 amide bonds. The fraction of sp³-hybridized carbons (Fsp3) is 0.375. The molecule has 0 fully saturated rings. The predicted octanol–water partition coefficient (Wildman–Crippen LogP) is 3.22. The van der Waals surface area contributed by atoms with E-state index in [1.165, 1.54) is 0 Å². The van der Waals surface area contributed by atoms with Gasteiger partial charge < -0.3 is 10.6 Å². The molecule has 0 aliphatic carbocycles. The first-order chi connectivity index (χ1) is 10.1. The normalized spacial score (nSPS) is 18.6. The number of hydrogen-bond donors (Lipinski definition) is 1. The minimum Gasteiger partial charge on any atom is -0.370 e. The standard InChI is InChI=1S/C16H19ClN4/c1-10(2)9-21-14(8-20-16(21)18)12-5-6-13(17)11-4-3-7-19-15(11)12/h3-7,10,14H,8-9H2,1-2H3,(H2,18,20). The van der Waals surface area contributed by atoms with Crippen molar-refractivity contribution in [3.63, 3.8) is 0 Å². The van der Waals surface area contributed by atoms with Crippen molar-refractivity contribution in [2.45, 2.75) is 19.9 Å². The maximum absolute atomic E-state index is 6.28. The number of halogens is 1. The third kappa shape index (κ3) is 2.56. The first kappa shape index (κ1) is 14.1. The van der Waals surface area contributed by atoms with Gasteiger partial charge in [-0.05, 0) is 24.1 Å². The highest BCUT2D eigenvalue weighted by molar-refractivity contribution is 6.35. The molecule has 0 saturated carbocycles. The summed E-state index contributed by atoms with van der Waals surface area (Å²) in [7, 11) is 0. The monoisotopic (exact) mass is 302 g/mol. The Balaban J connectivity index is 2.06.